The van der Waals surface area contributed by atoms with Crippen molar-refractivity contribution in [3.8, 4) is 0 Å². The minimum Gasteiger partial charge on any atom is -0.477 e. The molecule has 2 unspecified atom stereocenters. The summed E-state index contributed by atoms with van der Waals surface area (Å²) in [5.41, 5.74) is 0.0908. The average Bonchev–Trinajstić information content (AvgIpc) is 3.34. The van der Waals surface area contributed by atoms with E-state index < -0.39 is 22.8 Å². The van der Waals surface area contributed by atoms with Crippen LogP contribution in [0.3, 0.4) is 0 Å². The lowest BCUT2D eigenvalue weighted by Gasteiger charge is -2.29. The van der Waals surface area contributed by atoms with Crippen molar-refractivity contribution in [1.29, 1.82) is 0 Å². The number of hydrogen-bond donors (Lipinski definition) is 2. The first-order valence-electron chi connectivity index (χ1n) is 9.52. The topological polar surface area (TPSA) is 87.5 Å². The Labute approximate surface area is 165 Å². The van der Waals surface area contributed by atoms with Crippen LogP contribution in [-0.2, 0) is 6.54 Å². The molecule has 2 bridgehead atoms. The number of fused-ring (bicyclic) bond motifs is 3. The summed E-state index contributed by atoms with van der Waals surface area (Å²) in [4.78, 5) is 30.7. The Hall–Kier alpha value is -3.26. The van der Waals surface area contributed by atoms with Gasteiger partial charge in [-0.15, -0.1) is 0 Å². The third-order valence-corrected chi connectivity index (χ3v) is 5.74. The largest absolute Gasteiger partial charge is 0.477 e. The van der Waals surface area contributed by atoms with Gasteiger partial charge in [-0.25, -0.2) is 14.2 Å². The number of halogens is 1. The fraction of sp³-hybridized carbons (Fsp3) is 0.286. The van der Waals surface area contributed by atoms with E-state index in [0.717, 1.165) is 24.6 Å². The molecule has 2 fully saturated rings. The van der Waals surface area contributed by atoms with Crippen molar-refractivity contribution in [3.05, 3.63) is 69.8 Å². The van der Waals surface area contributed by atoms with Gasteiger partial charge in [-0.05, 0) is 18.1 Å². The number of carboxylic acids is 1. The molecular formula is C21H19FN4O3. The zero-order chi connectivity index (χ0) is 20.1. The Balaban J connectivity index is 1.70. The first kappa shape index (κ1) is 17.8. The van der Waals surface area contributed by atoms with Crippen LogP contribution in [0.1, 0.15) is 22.3 Å². The maximum Gasteiger partial charge on any atom is 0.341 e. The number of pyridine rings is 2. The zero-order valence-corrected chi connectivity index (χ0v) is 15.5. The molecule has 148 valence electrons. The minimum atomic E-state index is -1.34. The van der Waals surface area contributed by atoms with Gasteiger partial charge in [-0.2, -0.15) is 0 Å². The van der Waals surface area contributed by atoms with Crippen molar-refractivity contribution in [2.45, 2.75) is 25.0 Å². The van der Waals surface area contributed by atoms with Gasteiger partial charge in [-0.3, -0.25) is 4.79 Å². The standard InChI is InChI=1S/C21H19FN4O3/c22-17-7-15-18(27)16(21(28)29)11-25(9-12-4-2-1-3-5-12)19(15)24-20(17)26-10-13-6-14(26)8-23-13/h1-5,7,11,13-14,23H,6,8-10H2,(H,28,29). The van der Waals surface area contributed by atoms with Crippen molar-refractivity contribution >= 4 is 22.8 Å². The van der Waals surface area contributed by atoms with Gasteiger partial charge in [0.1, 0.15) is 11.2 Å². The van der Waals surface area contributed by atoms with Crippen molar-refractivity contribution in [2.24, 2.45) is 0 Å². The van der Waals surface area contributed by atoms with Crippen LogP contribution in [0.2, 0.25) is 0 Å². The molecule has 4 heterocycles. The number of nitrogens with one attached hydrogen (secondary N) is 1. The lowest BCUT2D eigenvalue weighted by Crippen LogP contribution is -2.44. The van der Waals surface area contributed by atoms with E-state index in [1.54, 1.807) is 4.57 Å². The summed E-state index contributed by atoms with van der Waals surface area (Å²) >= 11 is 0. The van der Waals surface area contributed by atoms with E-state index in [1.807, 2.05) is 35.2 Å². The molecule has 0 spiro atoms. The molecule has 2 N–H and O–H groups in total. The number of rotatable bonds is 4. The number of aromatic nitrogens is 2. The molecule has 7 nitrogen and oxygen atoms in total. The van der Waals surface area contributed by atoms with Crippen LogP contribution < -0.4 is 15.6 Å². The molecule has 1 aromatic carbocycles. The van der Waals surface area contributed by atoms with Gasteiger partial charge in [0.15, 0.2) is 11.6 Å². The highest BCUT2D eigenvalue weighted by molar-refractivity contribution is 5.92. The van der Waals surface area contributed by atoms with Crippen LogP contribution in [0.4, 0.5) is 10.2 Å². The second kappa shape index (κ2) is 6.66. The summed E-state index contributed by atoms with van der Waals surface area (Å²) in [6.45, 7) is 1.76. The Morgan fingerprint density at radius 3 is 2.76 bits per heavy atom. The van der Waals surface area contributed by atoms with E-state index >= 15 is 0 Å². The molecule has 5 rings (SSSR count). The molecule has 3 aromatic rings. The van der Waals surface area contributed by atoms with Gasteiger partial charge in [0, 0.05) is 37.9 Å². The lowest BCUT2D eigenvalue weighted by atomic mass is 10.1. The summed E-state index contributed by atoms with van der Waals surface area (Å²) in [6, 6.07) is 11.1. The van der Waals surface area contributed by atoms with E-state index in [4.69, 9.17) is 0 Å². The minimum absolute atomic E-state index is 0.0236. The van der Waals surface area contributed by atoms with Crippen LogP contribution in [0.5, 0.6) is 0 Å². The van der Waals surface area contributed by atoms with E-state index in [-0.39, 0.29) is 22.9 Å². The van der Waals surface area contributed by atoms with Gasteiger partial charge in [0.2, 0.25) is 5.43 Å². The number of hydrogen-bond acceptors (Lipinski definition) is 5. The van der Waals surface area contributed by atoms with Gasteiger partial charge in [-0.1, -0.05) is 30.3 Å². The average molecular weight is 394 g/mol. The SMILES string of the molecule is O=C(O)c1cn(Cc2ccccc2)c2nc(N3CC4CC3CN4)c(F)cc2c1=O. The van der Waals surface area contributed by atoms with Crippen molar-refractivity contribution in [3.63, 3.8) is 0 Å². The molecule has 2 aromatic heterocycles. The van der Waals surface area contributed by atoms with E-state index in [2.05, 4.69) is 10.3 Å². The normalized spacial score (nSPS) is 20.5. The molecule has 29 heavy (non-hydrogen) atoms. The highest BCUT2D eigenvalue weighted by Gasteiger charge is 2.39. The Morgan fingerprint density at radius 1 is 1.31 bits per heavy atom. The maximum absolute atomic E-state index is 14.9. The third kappa shape index (κ3) is 2.96. The molecule has 8 heteroatoms. The number of carboxylic acid groups (broad SMARTS) is 1. The van der Waals surface area contributed by atoms with Gasteiger partial charge in [0.25, 0.3) is 0 Å². The molecule has 2 saturated heterocycles. The van der Waals surface area contributed by atoms with Gasteiger partial charge in [0.05, 0.1) is 5.39 Å². The second-order valence-corrected chi connectivity index (χ2v) is 7.60. The summed E-state index contributed by atoms with van der Waals surface area (Å²) in [7, 11) is 0. The summed E-state index contributed by atoms with van der Waals surface area (Å²) < 4.78 is 16.6. The van der Waals surface area contributed by atoms with E-state index in [1.165, 1.54) is 6.20 Å². The van der Waals surface area contributed by atoms with E-state index in [9.17, 15) is 19.1 Å². The monoisotopic (exact) mass is 394 g/mol. The first-order valence-corrected chi connectivity index (χ1v) is 9.52. The highest BCUT2D eigenvalue weighted by Crippen LogP contribution is 2.31. The number of piperazine rings is 1. The van der Waals surface area contributed by atoms with Crippen LogP contribution >= 0.6 is 0 Å². The molecule has 2 aliphatic rings. The number of aromatic carboxylic acids is 1. The fourth-order valence-electron chi connectivity index (χ4n) is 4.35. The van der Waals surface area contributed by atoms with Crippen LogP contribution in [0.15, 0.2) is 47.4 Å². The fourth-order valence-corrected chi connectivity index (χ4v) is 4.35. The van der Waals surface area contributed by atoms with Crippen molar-refractivity contribution in [2.75, 3.05) is 18.0 Å². The number of nitrogens with zero attached hydrogens (tertiary/aromatic N) is 3. The maximum atomic E-state index is 14.9. The van der Waals surface area contributed by atoms with Gasteiger partial charge >= 0.3 is 5.97 Å². The Morgan fingerprint density at radius 2 is 2.10 bits per heavy atom. The molecule has 0 aliphatic carbocycles. The summed E-state index contributed by atoms with van der Waals surface area (Å²) in [5, 5.41) is 12.8. The smallest absolute Gasteiger partial charge is 0.341 e. The zero-order valence-electron chi connectivity index (χ0n) is 15.5. The third-order valence-electron chi connectivity index (χ3n) is 5.74. The van der Waals surface area contributed by atoms with Crippen LogP contribution in [-0.4, -0.2) is 45.8 Å². The molecule has 2 aliphatic heterocycles. The second-order valence-electron chi connectivity index (χ2n) is 7.60. The molecule has 0 radical (unpaired) electrons. The molecule has 0 amide bonds. The molecular weight excluding hydrogens is 375 g/mol. The van der Waals surface area contributed by atoms with Gasteiger partial charge < -0.3 is 19.9 Å². The lowest BCUT2D eigenvalue weighted by molar-refractivity contribution is 0.0695. The Kier molecular flexibility index (Phi) is 4.09. The van der Waals surface area contributed by atoms with Crippen LogP contribution in [0.25, 0.3) is 11.0 Å². The summed E-state index contributed by atoms with van der Waals surface area (Å²) in [5.74, 6) is -1.72. The van der Waals surface area contributed by atoms with Crippen molar-refractivity contribution in [1.82, 2.24) is 14.9 Å². The number of benzene rings is 1. The van der Waals surface area contributed by atoms with E-state index in [0.29, 0.717) is 19.1 Å². The quantitative estimate of drug-likeness (QED) is 0.702. The predicted molar refractivity (Wildman–Crippen MR) is 106 cm³/mol. The Bertz CT molecular complexity index is 1180. The summed E-state index contributed by atoms with van der Waals surface area (Å²) in [6.07, 6.45) is 2.24. The molecule has 2 atom stereocenters. The van der Waals surface area contributed by atoms with Crippen LogP contribution in [0, 0.1) is 5.82 Å². The van der Waals surface area contributed by atoms with Crippen molar-refractivity contribution < 1.29 is 14.3 Å². The highest BCUT2D eigenvalue weighted by atomic mass is 19.1. The molecule has 0 saturated carbocycles. The number of carbonyl (C=O) groups is 1. The predicted octanol–water partition coefficient (Wildman–Crippen LogP) is 1.83. The number of anilines is 1. The first-order chi connectivity index (χ1) is 14.0.